The molecular formula is C63H41NS. The topological polar surface area (TPSA) is 3.24 Å². The summed E-state index contributed by atoms with van der Waals surface area (Å²) in [5.74, 6) is 0. The zero-order valence-electron chi connectivity index (χ0n) is 35.5. The first-order valence-electron chi connectivity index (χ1n) is 22.4. The lowest BCUT2D eigenvalue weighted by molar-refractivity contribution is 0.768. The second kappa shape index (κ2) is 15.1. The first-order valence-corrected chi connectivity index (χ1v) is 23.2. The molecule has 0 spiro atoms. The monoisotopic (exact) mass is 843 g/mol. The molecule has 1 aliphatic carbocycles. The van der Waals surface area contributed by atoms with Crippen LogP contribution in [-0.2, 0) is 5.41 Å². The number of thiophene rings is 1. The van der Waals surface area contributed by atoms with Gasteiger partial charge >= 0.3 is 0 Å². The molecule has 1 nitrogen and oxygen atoms in total. The molecule has 65 heavy (non-hydrogen) atoms. The number of fused-ring (bicyclic) bond motifs is 9. The molecule has 0 aliphatic heterocycles. The van der Waals surface area contributed by atoms with Crippen LogP contribution in [0.25, 0.3) is 75.1 Å². The maximum absolute atomic E-state index is 2.40. The van der Waals surface area contributed by atoms with Crippen LogP contribution in [0.15, 0.2) is 249 Å². The third-order valence-electron chi connectivity index (χ3n) is 13.7. The highest BCUT2D eigenvalue weighted by Gasteiger charge is 2.46. The minimum atomic E-state index is -0.444. The molecule has 0 unspecified atom stereocenters. The van der Waals surface area contributed by atoms with E-state index < -0.39 is 5.41 Å². The molecule has 13 rings (SSSR count). The van der Waals surface area contributed by atoms with E-state index in [0.29, 0.717) is 0 Å². The van der Waals surface area contributed by atoms with Crippen molar-refractivity contribution in [3.05, 3.63) is 271 Å². The van der Waals surface area contributed by atoms with Crippen molar-refractivity contribution in [2.45, 2.75) is 5.41 Å². The summed E-state index contributed by atoms with van der Waals surface area (Å²) < 4.78 is 2.68. The molecule has 0 radical (unpaired) electrons. The van der Waals surface area contributed by atoms with Crippen molar-refractivity contribution in [3.63, 3.8) is 0 Å². The fraction of sp³-hybridized carbons (Fsp3) is 0.0159. The fourth-order valence-electron chi connectivity index (χ4n) is 10.8. The van der Waals surface area contributed by atoms with E-state index >= 15 is 0 Å². The van der Waals surface area contributed by atoms with Crippen LogP contribution in [0.1, 0.15) is 22.3 Å². The van der Waals surface area contributed by atoms with Gasteiger partial charge in [-0.15, -0.1) is 11.3 Å². The molecule has 2 heteroatoms. The van der Waals surface area contributed by atoms with Crippen LogP contribution in [-0.4, -0.2) is 0 Å². The van der Waals surface area contributed by atoms with Gasteiger partial charge in [0.1, 0.15) is 0 Å². The van der Waals surface area contributed by atoms with Crippen molar-refractivity contribution in [3.8, 4) is 33.4 Å². The van der Waals surface area contributed by atoms with E-state index in [2.05, 4.69) is 254 Å². The summed E-state index contributed by atoms with van der Waals surface area (Å²) in [5, 5.41) is 7.68. The predicted molar refractivity (Wildman–Crippen MR) is 277 cm³/mol. The summed E-state index contributed by atoms with van der Waals surface area (Å²) in [4.78, 5) is 2.40. The second-order valence-electron chi connectivity index (χ2n) is 17.2. The maximum atomic E-state index is 2.40. The van der Waals surface area contributed by atoms with Gasteiger partial charge in [-0.05, 0) is 114 Å². The normalized spacial score (nSPS) is 12.7. The van der Waals surface area contributed by atoms with Crippen LogP contribution in [0.4, 0.5) is 17.1 Å². The maximum Gasteiger partial charge on any atom is 0.0713 e. The minimum Gasteiger partial charge on any atom is -0.310 e. The van der Waals surface area contributed by atoms with Gasteiger partial charge in [-0.2, -0.15) is 0 Å². The van der Waals surface area contributed by atoms with E-state index in [9.17, 15) is 0 Å². The van der Waals surface area contributed by atoms with Gasteiger partial charge in [-0.3, -0.25) is 0 Å². The number of hydrogen-bond acceptors (Lipinski definition) is 2. The quantitative estimate of drug-likeness (QED) is 0.154. The predicted octanol–water partition coefficient (Wildman–Crippen LogP) is 17.5. The zero-order valence-corrected chi connectivity index (χ0v) is 36.3. The Morgan fingerprint density at radius 1 is 0.308 bits per heavy atom. The Balaban J connectivity index is 0.931. The molecule has 11 aromatic carbocycles. The van der Waals surface area contributed by atoms with E-state index in [0.717, 1.165) is 17.1 Å². The first kappa shape index (κ1) is 37.5. The Morgan fingerprint density at radius 3 is 1.55 bits per heavy atom. The Labute approximate surface area is 382 Å². The van der Waals surface area contributed by atoms with E-state index in [-0.39, 0.29) is 0 Å². The summed E-state index contributed by atoms with van der Waals surface area (Å²) in [5.41, 5.74) is 15.6. The molecule has 0 bridgehead atoms. The smallest absolute Gasteiger partial charge is 0.0713 e. The Kier molecular flexibility index (Phi) is 8.69. The number of hydrogen-bond donors (Lipinski definition) is 0. The first-order chi connectivity index (χ1) is 32.2. The van der Waals surface area contributed by atoms with Gasteiger partial charge in [-0.1, -0.05) is 212 Å². The summed E-state index contributed by atoms with van der Waals surface area (Å²) in [6.45, 7) is 0. The summed E-state index contributed by atoms with van der Waals surface area (Å²) in [6.07, 6.45) is 0. The van der Waals surface area contributed by atoms with Crippen molar-refractivity contribution in [1.82, 2.24) is 0 Å². The molecule has 1 aromatic heterocycles. The highest BCUT2D eigenvalue weighted by molar-refractivity contribution is 7.27. The molecule has 304 valence electrons. The molecule has 0 atom stereocenters. The van der Waals surface area contributed by atoms with Crippen LogP contribution >= 0.6 is 11.3 Å². The van der Waals surface area contributed by atoms with Crippen molar-refractivity contribution < 1.29 is 0 Å². The Morgan fingerprint density at radius 2 is 0.815 bits per heavy atom. The van der Waals surface area contributed by atoms with E-state index in [1.807, 2.05) is 11.3 Å². The summed E-state index contributed by atoms with van der Waals surface area (Å²) >= 11 is 1.91. The number of rotatable bonds is 7. The van der Waals surface area contributed by atoms with Crippen LogP contribution in [0.3, 0.4) is 0 Å². The molecule has 1 aliphatic rings. The van der Waals surface area contributed by atoms with E-state index in [1.165, 1.54) is 97.4 Å². The number of anilines is 3. The average molecular weight is 844 g/mol. The van der Waals surface area contributed by atoms with Gasteiger partial charge in [0.15, 0.2) is 0 Å². The molecule has 12 aromatic rings. The number of benzene rings is 11. The molecule has 0 amide bonds. The lowest BCUT2D eigenvalue weighted by atomic mass is 9.67. The molecular weight excluding hydrogens is 803 g/mol. The third-order valence-corrected chi connectivity index (χ3v) is 15.0. The summed E-state index contributed by atoms with van der Waals surface area (Å²) in [6, 6.07) is 91.9. The van der Waals surface area contributed by atoms with Crippen LogP contribution in [0.5, 0.6) is 0 Å². The standard InChI is InChI=1S/C63H41NS/c1-3-18-47(19-4-1)63(48-20-5-2-6-21-48)58-27-12-11-23-57(58)60-52(24-14-28-59(60)63)44-30-35-49(36-31-44)64(51-39-29-42-15-7-8-17-46(42)41-51)50-37-32-45(33-38-50)54-25-13-26-55-56-40-34-43-16-9-10-22-53(43)62(56)65-61(54)55/h1-41H. The molecule has 0 fully saturated rings. The van der Waals surface area contributed by atoms with Gasteiger partial charge in [-0.25, -0.2) is 0 Å². The zero-order chi connectivity index (χ0) is 42.9. The highest BCUT2D eigenvalue weighted by Crippen LogP contribution is 2.58. The van der Waals surface area contributed by atoms with Crippen molar-refractivity contribution >= 4 is 70.1 Å². The van der Waals surface area contributed by atoms with Crippen molar-refractivity contribution in [2.75, 3.05) is 4.90 Å². The lowest BCUT2D eigenvalue weighted by Crippen LogP contribution is -2.28. The van der Waals surface area contributed by atoms with Gasteiger partial charge in [0.2, 0.25) is 0 Å². The van der Waals surface area contributed by atoms with Gasteiger partial charge in [0, 0.05) is 37.2 Å². The van der Waals surface area contributed by atoms with Gasteiger partial charge < -0.3 is 4.90 Å². The number of nitrogens with zero attached hydrogens (tertiary/aromatic N) is 1. The highest BCUT2D eigenvalue weighted by atomic mass is 32.1. The molecule has 0 saturated heterocycles. The van der Waals surface area contributed by atoms with Crippen LogP contribution in [0.2, 0.25) is 0 Å². The minimum absolute atomic E-state index is 0.444. The van der Waals surface area contributed by atoms with E-state index in [1.54, 1.807) is 0 Å². The SMILES string of the molecule is c1ccc(C2(c3ccccc3)c3ccccc3-c3c(-c4ccc(N(c5ccc(-c6cccc7c6sc6c8ccccc8ccc76)cc5)c5ccc6ccccc6c5)cc4)cccc32)cc1. The lowest BCUT2D eigenvalue weighted by Gasteiger charge is -2.34. The third kappa shape index (κ3) is 5.85. The Bertz CT molecular complexity index is 3710. The molecule has 0 N–H and O–H groups in total. The van der Waals surface area contributed by atoms with Gasteiger partial charge in [0.05, 0.1) is 5.41 Å². The summed E-state index contributed by atoms with van der Waals surface area (Å²) in [7, 11) is 0. The van der Waals surface area contributed by atoms with Crippen LogP contribution in [0, 0.1) is 0 Å². The Hall–Kier alpha value is -8.04. The van der Waals surface area contributed by atoms with Crippen LogP contribution < -0.4 is 4.90 Å². The van der Waals surface area contributed by atoms with Crippen molar-refractivity contribution in [2.24, 2.45) is 0 Å². The van der Waals surface area contributed by atoms with E-state index in [4.69, 9.17) is 0 Å². The molecule has 1 heterocycles. The second-order valence-corrected chi connectivity index (χ2v) is 18.2. The largest absolute Gasteiger partial charge is 0.310 e. The fourth-order valence-corrected chi connectivity index (χ4v) is 12.2. The van der Waals surface area contributed by atoms with Crippen molar-refractivity contribution in [1.29, 1.82) is 0 Å². The average Bonchev–Trinajstić information content (AvgIpc) is 3.92. The van der Waals surface area contributed by atoms with Gasteiger partial charge in [0.25, 0.3) is 0 Å². The molecule has 0 saturated carbocycles.